The highest BCUT2D eigenvalue weighted by Crippen LogP contribution is 2.45. The van der Waals surface area contributed by atoms with Gasteiger partial charge >= 0.3 is 12.4 Å². The zero-order valence-corrected chi connectivity index (χ0v) is 17.6. The summed E-state index contributed by atoms with van der Waals surface area (Å²) < 4.78 is 80.4. The molecular formula is C21H16BrF6N3. The van der Waals surface area contributed by atoms with E-state index in [-0.39, 0.29) is 12.2 Å². The number of benzene rings is 1. The average Bonchev–Trinajstić information content (AvgIpc) is 2.71. The van der Waals surface area contributed by atoms with Gasteiger partial charge in [0.2, 0.25) is 0 Å². The van der Waals surface area contributed by atoms with Crippen molar-refractivity contribution in [1.82, 2.24) is 9.97 Å². The van der Waals surface area contributed by atoms with Gasteiger partial charge in [-0.1, -0.05) is 12.1 Å². The van der Waals surface area contributed by atoms with E-state index in [1.165, 1.54) is 23.5 Å². The van der Waals surface area contributed by atoms with Crippen molar-refractivity contribution in [3.8, 4) is 0 Å². The zero-order valence-electron chi connectivity index (χ0n) is 16.0. The second-order valence-corrected chi connectivity index (χ2v) is 7.55. The van der Waals surface area contributed by atoms with Crippen LogP contribution in [0.15, 0.2) is 65.5 Å². The number of rotatable bonds is 5. The highest BCUT2D eigenvalue weighted by atomic mass is 79.9. The first-order chi connectivity index (χ1) is 14.5. The van der Waals surface area contributed by atoms with Gasteiger partial charge in [-0.15, -0.1) is 0 Å². The van der Waals surface area contributed by atoms with Crippen molar-refractivity contribution in [2.24, 2.45) is 0 Å². The van der Waals surface area contributed by atoms with Crippen LogP contribution in [0.4, 0.5) is 32.0 Å². The van der Waals surface area contributed by atoms with E-state index in [1.807, 2.05) is 0 Å². The fourth-order valence-electron chi connectivity index (χ4n) is 3.11. The smallest absolute Gasteiger partial charge is 0.359 e. The highest BCUT2D eigenvalue weighted by Gasteiger charge is 2.41. The minimum Gasteiger partial charge on any atom is -0.359 e. The van der Waals surface area contributed by atoms with Crippen molar-refractivity contribution < 1.29 is 26.3 Å². The SMILES string of the molecule is CC(c1cccnc1)N(Cc1ccccn1)c1cc(C(F)(F)F)c(Br)c(C(F)(F)F)c1. The average molecular weight is 504 g/mol. The summed E-state index contributed by atoms with van der Waals surface area (Å²) in [7, 11) is 0. The summed E-state index contributed by atoms with van der Waals surface area (Å²) in [4.78, 5) is 9.62. The Morgan fingerprint density at radius 1 is 0.935 bits per heavy atom. The first-order valence-electron chi connectivity index (χ1n) is 9.03. The highest BCUT2D eigenvalue weighted by molar-refractivity contribution is 9.10. The van der Waals surface area contributed by atoms with Gasteiger partial charge < -0.3 is 4.90 Å². The number of alkyl halides is 6. The summed E-state index contributed by atoms with van der Waals surface area (Å²) in [6, 6.07) is 9.22. The molecule has 3 nitrogen and oxygen atoms in total. The molecule has 0 N–H and O–H groups in total. The Kier molecular flexibility index (Phi) is 6.59. The van der Waals surface area contributed by atoms with Crippen LogP contribution in [0.3, 0.4) is 0 Å². The second-order valence-electron chi connectivity index (χ2n) is 6.76. The van der Waals surface area contributed by atoms with Gasteiger partial charge in [0, 0.05) is 28.8 Å². The molecule has 164 valence electrons. The van der Waals surface area contributed by atoms with Crippen LogP contribution in [0.5, 0.6) is 0 Å². The first-order valence-corrected chi connectivity index (χ1v) is 9.82. The number of halogens is 7. The van der Waals surface area contributed by atoms with E-state index in [9.17, 15) is 26.3 Å². The molecule has 0 saturated carbocycles. The van der Waals surface area contributed by atoms with E-state index >= 15 is 0 Å². The number of aromatic nitrogens is 2. The van der Waals surface area contributed by atoms with Crippen LogP contribution in [0, 0.1) is 0 Å². The molecule has 3 rings (SSSR count). The minimum absolute atomic E-state index is 0.00682. The van der Waals surface area contributed by atoms with Gasteiger partial charge in [0.25, 0.3) is 0 Å². The lowest BCUT2D eigenvalue weighted by atomic mass is 10.0. The number of anilines is 1. The summed E-state index contributed by atoms with van der Waals surface area (Å²) in [6.45, 7) is 1.68. The Labute approximate surface area is 182 Å². The maximum atomic E-state index is 13.6. The molecule has 1 atom stereocenters. The Morgan fingerprint density at radius 3 is 2.06 bits per heavy atom. The van der Waals surface area contributed by atoms with Gasteiger partial charge in [0.1, 0.15) is 0 Å². The third-order valence-electron chi connectivity index (χ3n) is 4.69. The Bertz CT molecular complexity index is 988. The molecule has 2 aromatic heterocycles. The normalized spacial score (nSPS) is 13.2. The quantitative estimate of drug-likeness (QED) is 0.349. The topological polar surface area (TPSA) is 29.0 Å². The fraction of sp³-hybridized carbons (Fsp3) is 0.238. The molecule has 0 radical (unpaired) electrons. The first kappa shape index (κ1) is 23.1. The Balaban J connectivity index is 2.20. The Morgan fingerprint density at radius 2 is 1.58 bits per heavy atom. The standard InChI is InChI=1S/C21H16BrF6N3/c1-13(14-5-4-7-29-11-14)31(12-15-6-2-3-8-30-15)16-9-17(20(23,24)25)19(22)18(10-16)21(26,27)28/h2-11,13H,12H2,1H3. The lowest BCUT2D eigenvalue weighted by Gasteiger charge is -2.33. The number of hydrogen-bond acceptors (Lipinski definition) is 3. The largest absolute Gasteiger partial charge is 0.417 e. The van der Waals surface area contributed by atoms with Crippen LogP contribution in [0.25, 0.3) is 0 Å². The molecule has 1 aromatic carbocycles. The van der Waals surface area contributed by atoms with E-state index in [0.29, 0.717) is 11.3 Å². The van der Waals surface area contributed by atoms with Crippen LogP contribution < -0.4 is 4.90 Å². The van der Waals surface area contributed by atoms with Crippen LogP contribution in [-0.2, 0) is 18.9 Å². The van der Waals surface area contributed by atoms with E-state index in [0.717, 1.165) is 12.1 Å². The van der Waals surface area contributed by atoms with Crippen molar-refractivity contribution in [3.05, 3.63) is 87.9 Å². The summed E-state index contributed by atoms with van der Waals surface area (Å²) in [5, 5.41) is 0. The molecule has 0 fully saturated rings. The monoisotopic (exact) mass is 503 g/mol. The molecule has 0 bridgehead atoms. The van der Waals surface area contributed by atoms with Crippen LogP contribution >= 0.6 is 15.9 Å². The van der Waals surface area contributed by atoms with Crippen molar-refractivity contribution in [2.45, 2.75) is 31.9 Å². The van der Waals surface area contributed by atoms with Crippen LogP contribution in [-0.4, -0.2) is 9.97 Å². The molecule has 31 heavy (non-hydrogen) atoms. The predicted molar refractivity (Wildman–Crippen MR) is 107 cm³/mol. The zero-order chi connectivity index (χ0) is 22.8. The molecule has 1 unspecified atom stereocenters. The number of pyridine rings is 2. The number of hydrogen-bond donors (Lipinski definition) is 0. The predicted octanol–water partition coefficient (Wildman–Crippen LogP) is 7.04. The van der Waals surface area contributed by atoms with Gasteiger partial charge in [-0.2, -0.15) is 26.3 Å². The summed E-state index contributed by atoms with van der Waals surface area (Å²) in [6.07, 6.45) is -5.41. The molecule has 2 heterocycles. The third-order valence-corrected chi connectivity index (χ3v) is 5.55. The van der Waals surface area contributed by atoms with Crippen LogP contribution in [0.2, 0.25) is 0 Å². The summed E-state index contributed by atoms with van der Waals surface area (Å²) in [5.74, 6) is 0. The molecule has 0 amide bonds. The summed E-state index contributed by atoms with van der Waals surface area (Å²) in [5.41, 5.74) is -1.92. The van der Waals surface area contributed by atoms with E-state index in [2.05, 4.69) is 25.9 Å². The third kappa shape index (κ3) is 5.36. The maximum Gasteiger partial charge on any atom is 0.417 e. The molecule has 0 aliphatic heterocycles. The van der Waals surface area contributed by atoms with Gasteiger partial charge in [-0.05, 0) is 58.7 Å². The van der Waals surface area contributed by atoms with Crippen molar-refractivity contribution in [3.63, 3.8) is 0 Å². The number of nitrogens with zero attached hydrogens (tertiary/aromatic N) is 3. The minimum atomic E-state index is -4.98. The fourth-order valence-corrected chi connectivity index (χ4v) is 3.79. The van der Waals surface area contributed by atoms with E-state index in [1.54, 1.807) is 37.3 Å². The Hall–Kier alpha value is -2.62. The lowest BCUT2D eigenvalue weighted by molar-refractivity contribution is -0.144. The summed E-state index contributed by atoms with van der Waals surface area (Å²) >= 11 is 2.50. The molecule has 0 spiro atoms. The molecule has 0 saturated heterocycles. The lowest BCUT2D eigenvalue weighted by Crippen LogP contribution is -2.28. The molecule has 3 aromatic rings. The van der Waals surface area contributed by atoms with Gasteiger partial charge in [0.05, 0.1) is 29.4 Å². The second kappa shape index (κ2) is 8.86. The van der Waals surface area contributed by atoms with Gasteiger partial charge in [-0.3, -0.25) is 9.97 Å². The van der Waals surface area contributed by atoms with Crippen LogP contribution in [0.1, 0.15) is 35.3 Å². The maximum absolute atomic E-state index is 13.6. The van der Waals surface area contributed by atoms with E-state index in [4.69, 9.17) is 0 Å². The molecule has 0 aliphatic rings. The van der Waals surface area contributed by atoms with Gasteiger partial charge in [-0.25, -0.2) is 0 Å². The van der Waals surface area contributed by atoms with Crippen molar-refractivity contribution >= 4 is 21.6 Å². The van der Waals surface area contributed by atoms with Crippen molar-refractivity contribution in [1.29, 1.82) is 0 Å². The molecule has 10 heteroatoms. The van der Waals surface area contributed by atoms with Gasteiger partial charge in [0.15, 0.2) is 0 Å². The van der Waals surface area contributed by atoms with Crippen molar-refractivity contribution in [2.75, 3.05) is 4.90 Å². The molecular weight excluding hydrogens is 488 g/mol. The molecule has 0 aliphatic carbocycles. The van der Waals surface area contributed by atoms with E-state index < -0.39 is 34.0 Å².